The zero-order valence-corrected chi connectivity index (χ0v) is 11.6. The summed E-state index contributed by atoms with van der Waals surface area (Å²) in [5, 5.41) is 1.94. The maximum absolute atomic E-state index is 12.1. The fraction of sp³-hybridized carbons (Fsp3) is 0.462. The molecule has 0 radical (unpaired) electrons. The molecule has 1 aromatic rings. The number of cyclic esters (lactones) is 1. The van der Waals surface area contributed by atoms with Gasteiger partial charge in [0, 0.05) is 18.0 Å². The van der Waals surface area contributed by atoms with Crippen molar-refractivity contribution in [2.24, 2.45) is 0 Å². The van der Waals surface area contributed by atoms with Crippen molar-refractivity contribution in [3.8, 4) is 0 Å². The number of nitrogens with zero attached hydrogens (tertiary/aromatic N) is 2. The van der Waals surface area contributed by atoms with E-state index in [9.17, 15) is 14.4 Å². The minimum Gasteiger partial charge on any atom is -0.439 e. The molecule has 0 N–H and O–H groups in total. The van der Waals surface area contributed by atoms with Gasteiger partial charge in [0.2, 0.25) is 5.91 Å². The Balaban J connectivity index is 1.60. The van der Waals surface area contributed by atoms with Gasteiger partial charge < -0.3 is 9.64 Å². The van der Waals surface area contributed by atoms with Gasteiger partial charge in [0.25, 0.3) is 5.91 Å². The Hall–Kier alpha value is -1.89. The van der Waals surface area contributed by atoms with Gasteiger partial charge >= 0.3 is 6.09 Å². The molecule has 0 unspecified atom stereocenters. The van der Waals surface area contributed by atoms with E-state index in [0.29, 0.717) is 25.9 Å². The lowest BCUT2D eigenvalue weighted by Gasteiger charge is -2.20. The minimum absolute atomic E-state index is 0.0370. The smallest absolute Gasteiger partial charge is 0.417 e. The third-order valence-corrected chi connectivity index (χ3v) is 4.45. The Bertz CT molecular complexity index is 527. The standard InChI is InChI=1S/C13H14N2O4S/c16-11(6-10-2-1-5-20-10)14-4-3-9(7-14)15-12(17)8-19-13(15)18/h1-2,5,9H,3-4,6-8H2/t9-/m0/s1. The Kier molecular flexibility index (Phi) is 3.43. The molecule has 2 aliphatic heterocycles. The molecule has 0 aromatic carbocycles. The van der Waals surface area contributed by atoms with Crippen molar-refractivity contribution in [2.75, 3.05) is 19.7 Å². The van der Waals surface area contributed by atoms with Gasteiger partial charge in [-0.15, -0.1) is 11.3 Å². The highest BCUT2D eigenvalue weighted by Crippen LogP contribution is 2.21. The van der Waals surface area contributed by atoms with E-state index < -0.39 is 6.09 Å². The Morgan fingerprint density at radius 1 is 1.45 bits per heavy atom. The number of thiophene rings is 1. The molecule has 3 heterocycles. The largest absolute Gasteiger partial charge is 0.439 e. The molecule has 2 aliphatic rings. The van der Waals surface area contributed by atoms with Gasteiger partial charge in [0.15, 0.2) is 6.61 Å². The van der Waals surface area contributed by atoms with Gasteiger partial charge in [0.1, 0.15) is 0 Å². The molecule has 20 heavy (non-hydrogen) atoms. The van der Waals surface area contributed by atoms with Crippen LogP contribution >= 0.6 is 11.3 Å². The number of likely N-dealkylation sites (tertiary alicyclic amines) is 1. The molecule has 2 fully saturated rings. The van der Waals surface area contributed by atoms with Gasteiger partial charge in [-0.1, -0.05) is 6.07 Å². The van der Waals surface area contributed by atoms with Crippen molar-refractivity contribution < 1.29 is 19.1 Å². The summed E-state index contributed by atoms with van der Waals surface area (Å²) in [5.74, 6) is -0.275. The maximum Gasteiger partial charge on any atom is 0.417 e. The molecule has 1 aromatic heterocycles. The van der Waals surface area contributed by atoms with Crippen molar-refractivity contribution in [1.82, 2.24) is 9.80 Å². The van der Waals surface area contributed by atoms with Crippen molar-refractivity contribution >= 4 is 29.2 Å². The fourth-order valence-electron chi connectivity index (χ4n) is 2.57. The molecule has 3 rings (SSSR count). The molecule has 7 heteroatoms. The van der Waals surface area contributed by atoms with Crippen LogP contribution in [0.15, 0.2) is 17.5 Å². The number of ether oxygens (including phenoxy) is 1. The Labute approximate surface area is 119 Å². The van der Waals surface area contributed by atoms with E-state index in [1.807, 2.05) is 17.5 Å². The first kappa shape index (κ1) is 13.1. The summed E-state index contributed by atoms with van der Waals surface area (Å²) in [6.07, 6.45) is 0.410. The van der Waals surface area contributed by atoms with Crippen molar-refractivity contribution in [3.63, 3.8) is 0 Å². The van der Waals surface area contributed by atoms with E-state index in [1.54, 1.807) is 16.2 Å². The van der Waals surface area contributed by atoms with E-state index in [4.69, 9.17) is 4.74 Å². The second-order valence-electron chi connectivity index (χ2n) is 4.86. The first-order valence-electron chi connectivity index (χ1n) is 6.44. The van der Waals surface area contributed by atoms with Crippen molar-refractivity contribution in [2.45, 2.75) is 18.9 Å². The highest BCUT2D eigenvalue weighted by molar-refractivity contribution is 7.10. The fourth-order valence-corrected chi connectivity index (χ4v) is 3.27. The summed E-state index contributed by atoms with van der Waals surface area (Å²) < 4.78 is 4.71. The first-order valence-corrected chi connectivity index (χ1v) is 7.32. The lowest BCUT2D eigenvalue weighted by atomic mass is 10.2. The average molecular weight is 294 g/mol. The summed E-state index contributed by atoms with van der Waals surface area (Å²) in [7, 11) is 0. The van der Waals surface area contributed by atoms with Crippen LogP contribution < -0.4 is 0 Å². The van der Waals surface area contributed by atoms with Crippen LogP contribution in [0.5, 0.6) is 0 Å². The predicted molar refractivity (Wildman–Crippen MR) is 71.2 cm³/mol. The molecule has 6 nitrogen and oxygen atoms in total. The second kappa shape index (κ2) is 5.24. The van der Waals surface area contributed by atoms with Crippen LogP contribution in [0, 0.1) is 0 Å². The first-order chi connectivity index (χ1) is 9.65. The number of carbonyl (C=O) groups is 3. The summed E-state index contributed by atoms with van der Waals surface area (Å²) >= 11 is 1.55. The summed E-state index contributed by atoms with van der Waals surface area (Å²) in [5.41, 5.74) is 0. The molecular formula is C13H14N2O4S. The van der Waals surface area contributed by atoms with E-state index in [1.165, 1.54) is 0 Å². The lowest BCUT2D eigenvalue weighted by molar-refractivity contribution is -0.131. The van der Waals surface area contributed by atoms with E-state index in [-0.39, 0.29) is 24.5 Å². The quantitative estimate of drug-likeness (QED) is 0.829. The third-order valence-electron chi connectivity index (χ3n) is 3.57. The normalized spacial score (nSPS) is 22.5. The van der Waals surface area contributed by atoms with Crippen LogP contribution in [0.2, 0.25) is 0 Å². The SMILES string of the molecule is O=C(Cc1cccs1)N1CC[C@H](N2C(=O)COC2=O)C1. The molecule has 3 amide bonds. The second-order valence-corrected chi connectivity index (χ2v) is 5.89. The Morgan fingerprint density at radius 2 is 2.30 bits per heavy atom. The minimum atomic E-state index is -0.590. The number of hydrogen-bond acceptors (Lipinski definition) is 5. The van der Waals surface area contributed by atoms with Crippen molar-refractivity contribution in [3.05, 3.63) is 22.4 Å². The van der Waals surface area contributed by atoms with E-state index in [0.717, 1.165) is 9.78 Å². The highest BCUT2D eigenvalue weighted by atomic mass is 32.1. The topological polar surface area (TPSA) is 66.9 Å². The third kappa shape index (κ3) is 2.40. The summed E-state index contributed by atoms with van der Waals surface area (Å²) in [6.45, 7) is 0.801. The molecule has 2 saturated heterocycles. The zero-order chi connectivity index (χ0) is 14.1. The molecule has 0 bridgehead atoms. The Morgan fingerprint density at radius 3 is 2.95 bits per heavy atom. The van der Waals surface area contributed by atoms with Crippen LogP contribution in [0.4, 0.5) is 4.79 Å². The van der Waals surface area contributed by atoms with Crippen LogP contribution in [-0.4, -0.2) is 53.4 Å². The van der Waals surface area contributed by atoms with Crippen LogP contribution in [0.3, 0.4) is 0 Å². The van der Waals surface area contributed by atoms with Crippen LogP contribution in [-0.2, 0) is 20.7 Å². The summed E-state index contributed by atoms with van der Waals surface area (Å²) in [4.78, 5) is 39.1. The predicted octanol–water partition coefficient (Wildman–Crippen LogP) is 0.870. The number of carbonyl (C=O) groups excluding carboxylic acids is 3. The monoisotopic (exact) mass is 294 g/mol. The van der Waals surface area contributed by atoms with Gasteiger partial charge in [-0.05, 0) is 17.9 Å². The number of imide groups is 1. The molecule has 1 atom stereocenters. The van der Waals surface area contributed by atoms with Crippen LogP contribution in [0.25, 0.3) is 0 Å². The van der Waals surface area contributed by atoms with Gasteiger partial charge in [-0.2, -0.15) is 0 Å². The van der Waals surface area contributed by atoms with E-state index in [2.05, 4.69) is 0 Å². The molecule has 0 saturated carbocycles. The molecule has 0 aliphatic carbocycles. The lowest BCUT2D eigenvalue weighted by Crippen LogP contribution is -2.42. The number of amides is 3. The van der Waals surface area contributed by atoms with Crippen molar-refractivity contribution in [1.29, 1.82) is 0 Å². The van der Waals surface area contributed by atoms with Crippen LogP contribution in [0.1, 0.15) is 11.3 Å². The number of rotatable bonds is 3. The van der Waals surface area contributed by atoms with Gasteiger partial charge in [-0.3, -0.25) is 9.59 Å². The highest BCUT2D eigenvalue weighted by Gasteiger charge is 2.41. The zero-order valence-electron chi connectivity index (χ0n) is 10.8. The molecular weight excluding hydrogens is 280 g/mol. The average Bonchev–Trinajstić information content (AvgIpc) is 3.11. The molecule has 0 spiro atoms. The van der Waals surface area contributed by atoms with E-state index >= 15 is 0 Å². The van der Waals surface area contributed by atoms with Gasteiger partial charge in [0.05, 0.1) is 12.5 Å². The summed E-state index contributed by atoms with van der Waals surface area (Å²) in [6, 6.07) is 3.60. The number of hydrogen-bond donors (Lipinski definition) is 0. The maximum atomic E-state index is 12.1. The van der Waals surface area contributed by atoms with Gasteiger partial charge in [-0.25, -0.2) is 9.69 Å². The molecule has 106 valence electrons.